The van der Waals surface area contributed by atoms with E-state index in [9.17, 15) is 4.39 Å². The molecule has 0 amide bonds. The van der Waals surface area contributed by atoms with Gasteiger partial charge < -0.3 is 10.5 Å². The number of nitrogens with two attached hydrogens (primary N) is 1. The van der Waals surface area contributed by atoms with Crippen LogP contribution in [0.4, 0.5) is 4.39 Å². The minimum atomic E-state index is -0.148. The average molecular weight is 257 g/mol. The highest BCUT2D eigenvalue weighted by Crippen LogP contribution is 2.27. The molecule has 0 radical (unpaired) electrons. The van der Waals surface area contributed by atoms with Crippen LogP contribution in [0.15, 0.2) is 23.1 Å². The quantitative estimate of drug-likeness (QED) is 0.602. The van der Waals surface area contributed by atoms with E-state index in [1.54, 1.807) is 24.9 Å². The van der Waals surface area contributed by atoms with E-state index in [0.717, 1.165) is 22.6 Å². The van der Waals surface area contributed by atoms with Crippen molar-refractivity contribution in [1.29, 1.82) is 0 Å². The molecular formula is C13H20FNOS. The van der Waals surface area contributed by atoms with Crippen molar-refractivity contribution >= 4 is 11.8 Å². The van der Waals surface area contributed by atoms with Crippen molar-refractivity contribution in [3.8, 4) is 0 Å². The lowest BCUT2D eigenvalue weighted by Crippen LogP contribution is -2.18. The van der Waals surface area contributed by atoms with Gasteiger partial charge in [-0.3, -0.25) is 0 Å². The van der Waals surface area contributed by atoms with E-state index in [1.165, 1.54) is 6.07 Å². The van der Waals surface area contributed by atoms with Crippen molar-refractivity contribution in [3.05, 3.63) is 29.6 Å². The number of benzene rings is 1. The molecule has 1 aromatic rings. The van der Waals surface area contributed by atoms with Crippen molar-refractivity contribution in [2.24, 2.45) is 5.73 Å². The predicted octanol–water partition coefficient (Wildman–Crippen LogP) is 2.84. The molecule has 0 heterocycles. The summed E-state index contributed by atoms with van der Waals surface area (Å²) in [5, 5.41) is 0. The standard InChI is InChI=1S/C13H20FNOS/c1-10(15)9-11-5-3-6-12(14)13(11)17-8-4-7-16-2/h3,5-6,10H,4,7-9,15H2,1-2H3. The first-order valence-electron chi connectivity index (χ1n) is 5.80. The fourth-order valence-corrected chi connectivity index (χ4v) is 2.61. The maximum Gasteiger partial charge on any atom is 0.137 e. The highest BCUT2D eigenvalue weighted by atomic mass is 32.2. The largest absolute Gasteiger partial charge is 0.385 e. The molecule has 1 unspecified atom stereocenters. The van der Waals surface area contributed by atoms with E-state index < -0.39 is 0 Å². The van der Waals surface area contributed by atoms with E-state index in [4.69, 9.17) is 10.5 Å². The second-order valence-electron chi connectivity index (χ2n) is 4.10. The number of methoxy groups -OCH3 is 1. The normalized spacial score (nSPS) is 12.7. The van der Waals surface area contributed by atoms with Crippen LogP contribution in [0.25, 0.3) is 0 Å². The van der Waals surface area contributed by atoms with Gasteiger partial charge in [0.1, 0.15) is 5.82 Å². The van der Waals surface area contributed by atoms with Crippen LogP contribution in [0, 0.1) is 5.82 Å². The highest BCUT2D eigenvalue weighted by Gasteiger charge is 2.10. The lowest BCUT2D eigenvalue weighted by molar-refractivity contribution is 0.200. The molecule has 2 nitrogen and oxygen atoms in total. The van der Waals surface area contributed by atoms with E-state index in [1.807, 2.05) is 13.0 Å². The van der Waals surface area contributed by atoms with E-state index in [-0.39, 0.29) is 11.9 Å². The van der Waals surface area contributed by atoms with Gasteiger partial charge in [-0.05, 0) is 31.4 Å². The second kappa shape index (κ2) is 7.69. The van der Waals surface area contributed by atoms with Crippen LogP contribution in [0.3, 0.4) is 0 Å². The summed E-state index contributed by atoms with van der Waals surface area (Å²) in [6.07, 6.45) is 1.64. The van der Waals surface area contributed by atoms with Crippen molar-refractivity contribution in [2.45, 2.75) is 30.7 Å². The summed E-state index contributed by atoms with van der Waals surface area (Å²) in [6, 6.07) is 5.25. The SMILES string of the molecule is COCCCSc1c(F)cccc1CC(C)N. The number of halogens is 1. The lowest BCUT2D eigenvalue weighted by atomic mass is 10.1. The number of rotatable bonds is 7. The minimum absolute atomic E-state index is 0.0510. The van der Waals surface area contributed by atoms with Crippen molar-refractivity contribution in [1.82, 2.24) is 0 Å². The summed E-state index contributed by atoms with van der Waals surface area (Å²) in [5.41, 5.74) is 6.77. The summed E-state index contributed by atoms with van der Waals surface area (Å²) in [5.74, 6) is 0.714. The molecule has 0 aromatic heterocycles. The molecule has 0 bridgehead atoms. The predicted molar refractivity (Wildman–Crippen MR) is 71.0 cm³/mol. The van der Waals surface area contributed by atoms with Crippen LogP contribution >= 0.6 is 11.8 Å². The molecule has 0 aliphatic carbocycles. The zero-order valence-electron chi connectivity index (χ0n) is 10.4. The van der Waals surface area contributed by atoms with Crippen LogP contribution in [0.2, 0.25) is 0 Å². The first-order valence-corrected chi connectivity index (χ1v) is 6.78. The Hall–Kier alpha value is -0.580. The Morgan fingerprint density at radius 2 is 2.24 bits per heavy atom. The second-order valence-corrected chi connectivity index (χ2v) is 5.21. The average Bonchev–Trinajstić information content (AvgIpc) is 2.26. The van der Waals surface area contributed by atoms with Gasteiger partial charge in [-0.25, -0.2) is 4.39 Å². The number of thioether (sulfide) groups is 1. The van der Waals surface area contributed by atoms with Gasteiger partial charge in [0.15, 0.2) is 0 Å². The lowest BCUT2D eigenvalue weighted by Gasteiger charge is -2.12. The monoisotopic (exact) mass is 257 g/mol. The van der Waals surface area contributed by atoms with Gasteiger partial charge in [-0.2, -0.15) is 0 Å². The molecule has 0 fully saturated rings. The van der Waals surface area contributed by atoms with Gasteiger partial charge >= 0.3 is 0 Å². The topological polar surface area (TPSA) is 35.2 Å². The zero-order valence-corrected chi connectivity index (χ0v) is 11.2. The molecule has 4 heteroatoms. The Bertz CT molecular complexity index is 344. The minimum Gasteiger partial charge on any atom is -0.385 e. The van der Waals surface area contributed by atoms with Crippen LogP contribution in [0.1, 0.15) is 18.9 Å². The van der Waals surface area contributed by atoms with Crippen molar-refractivity contribution < 1.29 is 9.13 Å². The fourth-order valence-electron chi connectivity index (χ4n) is 1.60. The zero-order chi connectivity index (χ0) is 12.7. The molecule has 0 aliphatic heterocycles. The third kappa shape index (κ3) is 5.06. The van der Waals surface area contributed by atoms with Crippen LogP contribution in [-0.2, 0) is 11.2 Å². The van der Waals surface area contributed by atoms with Crippen LogP contribution in [0.5, 0.6) is 0 Å². The molecule has 17 heavy (non-hydrogen) atoms. The first-order chi connectivity index (χ1) is 8.15. The first kappa shape index (κ1) is 14.5. The molecule has 0 spiro atoms. The number of hydrogen-bond donors (Lipinski definition) is 1. The molecule has 1 rings (SSSR count). The molecule has 1 atom stereocenters. The van der Waals surface area contributed by atoms with Gasteiger partial charge in [-0.15, -0.1) is 11.8 Å². The summed E-state index contributed by atoms with van der Waals surface area (Å²) < 4.78 is 18.7. The third-order valence-corrected chi connectivity index (χ3v) is 3.57. The van der Waals surface area contributed by atoms with Gasteiger partial charge in [0.2, 0.25) is 0 Å². The molecule has 96 valence electrons. The highest BCUT2D eigenvalue weighted by molar-refractivity contribution is 7.99. The molecule has 0 saturated heterocycles. The van der Waals surface area contributed by atoms with Crippen molar-refractivity contribution in [3.63, 3.8) is 0 Å². The summed E-state index contributed by atoms with van der Waals surface area (Å²) in [7, 11) is 1.68. The van der Waals surface area contributed by atoms with Crippen LogP contribution < -0.4 is 5.73 Å². The molecular weight excluding hydrogens is 237 g/mol. The van der Waals surface area contributed by atoms with Gasteiger partial charge in [0.05, 0.1) is 0 Å². The summed E-state index contributed by atoms with van der Waals surface area (Å²) in [6.45, 7) is 2.65. The summed E-state index contributed by atoms with van der Waals surface area (Å²) in [4.78, 5) is 0.737. The Labute approximate surface area is 107 Å². The smallest absolute Gasteiger partial charge is 0.137 e. The van der Waals surface area contributed by atoms with E-state index in [2.05, 4.69) is 0 Å². The Balaban J connectivity index is 2.66. The van der Waals surface area contributed by atoms with E-state index >= 15 is 0 Å². The molecule has 1 aromatic carbocycles. The van der Waals surface area contributed by atoms with Crippen molar-refractivity contribution in [2.75, 3.05) is 19.5 Å². The number of hydrogen-bond acceptors (Lipinski definition) is 3. The molecule has 0 saturated carbocycles. The van der Waals surface area contributed by atoms with E-state index in [0.29, 0.717) is 13.0 Å². The van der Waals surface area contributed by atoms with Gasteiger partial charge in [0, 0.05) is 30.4 Å². The Kier molecular flexibility index (Phi) is 6.55. The maximum atomic E-state index is 13.7. The molecule has 2 N–H and O–H groups in total. The van der Waals surface area contributed by atoms with Gasteiger partial charge in [-0.1, -0.05) is 12.1 Å². The number of ether oxygens (including phenoxy) is 1. The fraction of sp³-hybridized carbons (Fsp3) is 0.538. The Morgan fingerprint density at radius 3 is 2.88 bits per heavy atom. The Morgan fingerprint density at radius 1 is 1.47 bits per heavy atom. The van der Waals surface area contributed by atoms with Gasteiger partial charge in [0.25, 0.3) is 0 Å². The summed E-state index contributed by atoms with van der Waals surface area (Å²) >= 11 is 1.55. The molecule has 0 aliphatic rings. The maximum absolute atomic E-state index is 13.7. The van der Waals surface area contributed by atoms with Crippen LogP contribution in [-0.4, -0.2) is 25.5 Å². The third-order valence-electron chi connectivity index (χ3n) is 2.33.